The van der Waals surface area contributed by atoms with Crippen molar-refractivity contribution in [1.29, 1.82) is 0 Å². The third-order valence-electron chi connectivity index (χ3n) is 6.08. The summed E-state index contributed by atoms with van der Waals surface area (Å²) >= 11 is -0.924. The van der Waals surface area contributed by atoms with Crippen LogP contribution >= 0.6 is 11.3 Å². The lowest BCUT2D eigenvalue weighted by atomic mass is 9.82. The van der Waals surface area contributed by atoms with Crippen molar-refractivity contribution in [2.75, 3.05) is 11.4 Å². The van der Waals surface area contributed by atoms with Gasteiger partial charge in [0.1, 0.15) is 5.00 Å². The van der Waals surface area contributed by atoms with E-state index in [9.17, 15) is 18.4 Å². The number of Topliss-reactive ketones (excluding diaryl/α,β-unsaturated/α-hetero) is 1. The SMILES string of the molecule is COC(=O)C(NCc1ccc(-c2cc(CC(C)C)sc2N(S(=O)[O-])C(C)(C)C)cc1)(C(C)=O)C(C)C. The lowest BCUT2D eigenvalue weighted by Gasteiger charge is -2.38. The summed E-state index contributed by atoms with van der Waals surface area (Å²) in [6.07, 6.45) is 0.860. The maximum Gasteiger partial charge on any atom is 0.334 e. The molecule has 0 bridgehead atoms. The van der Waals surface area contributed by atoms with Crippen molar-refractivity contribution >= 4 is 39.4 Å². The molecule has 0 aliphatic heterocycles. The average Bonchev–Trinajstić information content (AvgIpc) is 3.14. The second-order valence-corrected chi connectivity index (χ2v) is 12.7. The molecule has 200 valence electrons. The molecule has 1 heterocycles. The highest BCUT2D eigenvalue weighted by atomic mass is 32.2. The van der Waals surface area contributed by atoms with Gasteiger partial charge in [-0.15, -0.1) is 11.3 Å². The van der Waals surface area contributed by atoms with Gasteiger partial charge in [-0.2, -0.15) is 0 Å². The van der Waals surface area contributed by atoms with Gasteiger partial charge < -0.3 is 9.29 Å². The van der Waals surface area contributed by atoms with Crippen molar-refractivity contribution in [2.24, 2.45) is 11.8 Å². The topological polar surface area (TPSA) is 98.8 Å². The van der Waals surface area contributed by atoms with Gasteiger partial charge in [-0.1, -0.05) is 52.0 Å². The van der Waals surface area contributed by atoms with E-state index in [4.69, 9.17) is 4.74 Å². The van der Waals surface area contributed by atoms with Crippen LogP contribution in [-0.2, 0) is 38.6 Å². The first-order valence-electron chi connectivity index (χ1n) is 12.1. The Bertz CT molecular complexity index is 1090. The molecule has 0 aliphatic carbocycles. The summed E-state index contributed by atoms with van der Waals surface area (Å²) in [4.78, 5) is 26.1. The van der Waals surface area contributed by atoms with E-state index < -0.39 is 28.3 Å². The molecule has 0 saturated carbocycles. The fourth-order valence-electron chi connectivity index (χ4n) is 4.28. The molecule has 2 aromatic rings. The predicted molar refractivity (Wildman–Crippen MR) is 147 cm³/mol. The van der Waals surface area contributed by atoms with Crippen LogP contribution in [0.25, 0.3) is 11.1 Å². The highest BCUT2D eigenvalue weighted by Gasteiger charge is 2.47. The minimum atomic E-state index is -2.43. The molecule has 0 spiro atoms. The van der Waals surface area contributed by atoms with Crippen molar-refractivity contribution in [2.45, 2.75) is 79.4 Å². The molecule has 2 unspecified atom stereocenters. The normalized spacial score (nSPS) is 14.6. The number of thiophene rings is 1. The van der Waals surface area contributed by atoms with E-state index in [2.05, 4.69) is 25.2 Å². The number of rotatable bonds is 11. The molecule has 0 amide bonds. The Morgan fingerprint density at radius 1 is 1.14 bits per heavy atom. The van der Waals surface area contributed by atoms with E-state index in [0.717, 1.165) is 28.0 Å². The number of ether oxygens (including phenoxy) is 1. The van der Waals surface area contributed by atoms with E-state index in [0.29, 0.717) is 17.5 Å². The van der Waals surface area contributed by atoms with Crippen molar-refractivity contribution in [3.8, 4) is 11.1 Å². The number of hydrogen-bond donors (Lipinski definition) is 1. The highest BCUT2D eigenvalue weighted by Crippen LogP contribution is 2.43. The monoisotopic (exact) mass is 535 g/mol. The average molecular weight is 536 g/mol. The third kappa shape index (κ3) is 6.62. The number of nitrogens with one attached hydrogen (secondary N) is 1. The molecule has 2 rings (SSSR count). The Kier molecular flexibility index (Phi) is 10.0. The summed E-state index contributed by atoms with van der Waals surface area (Å²) in [5.41, 5.74) is 0.600. The molecule has 1 aromatic heterocycles. The van der Waals surface area contributed by atoms with Gasteiger partial charge in [0.2, 0.25) is 0 Å². The molecule has 36 heavy (non-hydrogen) atoms. The first kappa shape index (κ1) is 30.2. The Balaban J connectivity index is 2.44. The smallest absolute Gasteiger partial charge is 0.334 e. The number of ketones is 1. The Labute approximate surface area is 222 Å². The summed E-state index contributed by atoms with van der Waals surface area (Å²) < 4.78 is 30.9. The Hall–Kier alpha value is -2.07. The van der Waals surface area contributed by atoms with Crippen molar-refractivity contribution in [1.82, 2.24) is 5.32 Å². The van der Waals surface area contributed by atoms with Crippen LogP contribution < -0.4 is 9.62 Å². The summed E-state index contributed by atoms with van der Waals surface area (Å²) in [7, 11) is 1.28. The van der Waals surface area contributed by atoms with Gasteiger partial charge in [-0.25, -0.2) is 4.79 Å². The fourth-order valence-corrected chi connectivity index (χ4v) is 6.74. The quantitative estimate of drug-likeness (QED) is 0.239. The van der Waals surface area contributed by atoms with Crippen LogP contribution in [0.5, 0.6) is 0 Å². The maximum absolute atomic E-state index is 12.5. The van der Waals surface area contributed by atoms with E-state index in [1.165, 1.54) is 29.7 Å². The molecule has 0 radical (unpaired) electrons. The van der Waals surface area contributed by atoms with Gasteiger partial charge in [0.05, 0.1) is 7.11 Å². The Morgan fingerprint density at radius 3 is 2.14 bits per heavy atom. The van der Waals surface area contributed by atoms with E-state index >= 15 is 0 Å². The molecular formula is C27H39N2O5S2-. The van der Waals surface area contributed by atoms with Crippen LogP contribution in [0.2, 0.25) is 0 Å². The van der Waals surface area contributed by atoms with E-state index in [1.807, 2.05) is 58.9 Å². The number of methoxy groups -OCH3 is 1. The van der Waals surface area contributed by atoms with Crippen LogP contribution in [0.15, 0.2) is 30.3 Å². The number of benzene rings is 1. The standard InChI is InChI=1S/C27H40N2O5S2/c1-17(2)14-22-15-23(24(35-22)29(36(32)33)26(6,7)8)21-12-10-20(11-13-21)16-28-27(18(3)4,19(5)30)25(31)34-9/h10-13,15,17-18,28H,14,16H2,1-9H3,(H,32,33)/p-1. The number of carbonyl (C=O) groups excluding carboxylic acids is 2. The first-order valence-corrected chi connectivity index (χ1v) is 14.0. The van der Waals surface area contributed by atoms with Gasteiger partial charge >= 0.3 is 5.97 Å². The van der Waals surface area contributed by atoms with E-state index in [1.54, 1.807) is 0 Å². The lowest BCUT2D eigenvalue weighted by molar-refractivity contribution is -0.155. The highest BCUT2D eigenvalue weighted by molar-refractivity contribution is 7.81. The number of carbonyl (C=O) groups is 2. The van der Waals surface area contributed by atoms with Gasteiger partial charge in [0.25, 0.3) is 0 Å². The minimum absolute atomic E-state index is 0.293. The van der Waals surface area contributed by atoms with Gasteiger partial charge in [0, 0.05) is 33.8 Å². The van der Waals surface area contributed by atoms with Gasteiger partial charge in [0.15, 0.2) is 11.3 Å². The summed E-state index contributed by atoms with van der Waals surface area (Å²) in [6.45, 7) is 15.2. The first-order chi connectivity index (χ1) is 16.6. The zero-order valence-electron chi connectivity index (χ0n) is 22.8. The minimum Gasteiger partial charge on any atom is -0.755 e. The van der Waals surface area contributed by atoms with Gasteiger partial charge in [-0.3, -0.25) is 18.6 Å². The largest absolute Gasteiger partial charge is 0.755 e. The van der Waals surface area contributed by atoms with Gasteiger partial charge in [-0.05, 0) is 63.1 Å². The zero-order valence-corrected chi connectivity index (χ0v) is 24.4. The fraction of sp³-hybridized carbons (Fsp3) is 0.556. The number of hydrogen-bond acceptors (Lipinski definition) is 7. The predicted octanol–water partition coefficient (Wildman–Crippen LogP) is 5.26. The molecule has 0 aliphatic rings. The van der Waals surface area contributed by atoms with Crippen LogP contribution in [0.3, 0.4) is 0 Å². The molecule has 0 fully saturated rings. The molecular weight excluding hydrogens is 496 g/mol. The molecule has 2 atom stereocenters. The van der Waals surface area contributed by atoms with Crippen LogP contribution in [0.4, 0.5) is 5.00 Å². The second kappa shape index (κ2) is 12.0. The van der Waals surface area contributed by atoms with Crippen LogP contribution in [0, 0.1) is 11.8 Å². The van der Waals surface area contributed by atoms with E-state index in [-0.39, 0.29) is 11.7 Å². The third-order valence-corrected chi connectivity index (χ3v) is 8.37. The molecule has 7 nitrogen and oxygen atoms in total. The van der Waals surface area contributed by atoms with Crippen LogP contribution in [-0.4, -0.2) is 38.7 Å². The second-order valence-electron chi connectivity index (χ2n) is 10.8. The number of anilines is 1. The summed E-state index contributed by atoms with van der Waals surface area (Å²) in [5.74, 6) is -0.758. The molecule has 1 N–H and O–H groups in total. The number of esters is 1. The summed E-state index contributed by atoms with van der Waals surface area (Å²) in [5, 5.41) is 3.83. The molecule has 9 heteroatoms. The van der Waals surface area contributed by atoms with Crippen LogP contribution in [0.1, 0.15) is 65.8 Å². The Morgan fingerprint density at radius 2 is 1.72 bits per heavy atom. The molecule has 0 saturated heterocycles. The summed E-state index contributed by atoms with van der Waals surface area (Å²) in [6, 6.07) is 9.81. The van der Waals surface area contributed by atoms with Crippen molar-refractivity contribution in [3.63, 3.8) is 0 Å². The molecule has 1 aromatic carbocycles. The van der Waals surface area contributed by atoms with Crippen molar-refractivity contribution in [3.05, 3.63) is 40.8 Å². The maximum atomic E-state index is 12.5. The zero-order chi connectivity index (χ0) is 27.4. The number of nitrogens with zero attached hydrogens (tertiary/aromatic N) is 1. The van der Waals surface area contributed by atoms with Crippen molar-refractivity contribution < 1.29 is 23.1 Å². The lowest BCUT2D eigenvalue weighted by Crippen LogP contribution is -2.61.